The van der Waals surface area contributed by atoms with Crippen LogP contribution in [0.5, 0.6) is 0 Å². The summed E-state index contributed by atoms with van der Waals surface area (Å²) >= 11 is 0. The normalized spacial score (nSPS) is 21.8. The Morgan fingerprint density at radius 1 is 1.00 bits per heavy atom. The summed E-state index contributed by atoms with van der Waals surface area (Å²) in [6.45, 7) is 0.597. The van der Waals surface area contributed by atoms with Crippen LogP contribution < -0.4 is 5.73 Å². The molecular formula is C21H19N3O. The number of hydrogen-bond donors (Lipinski definition) is 1. The smallest absolute Gasteiger partial charge is 0.282 e. The third kappa shape index (κ3) is 2.45. The number of para-hydroxylation sites is 1. The monoisotopic (exact) mass is 329 g/mol. The van der Waals surface area contributed by atoms with Crippen LogP contribution in [0, 0.1) is 0 Å². The largest absolute Gasteiger partial charge is 0.463 e. The zero-order chi connectivity index (χ0) is 16.9. The Morgan fingerprint density at radius 3 is 2.80 bits per heavy atom. The number of fused-ring (bicyclic) bond motifs is 2. The highest BCUT2D eigenvalue weighted by Crippen LogP contribution is 2.36. The first-order valence-corrected chi connectivity index (χ1v) is 8.66. The van der Waals surface area contributed by atoms with E-state index in [-0.39, 0.29) is 5.54 Å². The molecule has 0 radical (unpaired) electrons. The Hall–Kier alpha value is -2.88. The van der Waals surface area contributed by atoms with Gasteiger partial charge in [-0.3, -0.25) is 4.98 Å². The summed E-state index contributed by atoms with van der Waals surface area (Å²) in [6.07, 6.45) is 4.86. The molecule has 2 heterocycles. The molecular weight excluding hydrogens is 310 g/mol. The van der Waals surface area contributed by atoms with Gasteiger partial charge in [0.2, 0.25) is 0 Å². The molecule has 1 aliphatic heterocycles. The lowest BCUT2D eigenvalue weighted by Gasteiger charge is -2.30. The van der Waals surface area contributed by atoms with E-state index in [1.165, 1.54) is 16.7 Å². The van der Waals surface area contributed by atoms with Crippen molar-refractivity contribution >= 4 is 16.9 Å². The number of benzene rings is 2. The number of aromatic nitrogens is 1. The summed E-state index contributed by atoms with van der Waals surface area (Å²) in [6, 6.07) is 17.5. The first kappa shape index (κ1) is 14.5. The second-order valence-electron chi connectivity index (χ2n) is 7.04. The van der Waals surface area contributed by atoms with Gasteiger partial charge < -0.3 is 10.5 Å². The van der Waals surface area contributed by atoms with Gasteiger partial charge in [0.05, 0.1) is 5.52 Å². The SMILES string of the molecule is NC1=NC2(CCc3ccc(-c4cnc5ccccc5c4)cc3C2)CO1. The maximum Gasteiger partial charge on any atom is 0.282 e. The Kier molecular flexibility index (Phi) is 3.07. The predicted molar refractivity (Wildman–Crippen MR) is 99.5 cm³/mol. The van der Waals surface area contributed by atoms with Crippen LogP contribution in [0.15, 0.2) is 59.7 Å². The molecule has 1 aliphatic carbocycles. The summed E-state index contributed by atoms with van der Waals surface area (Å²) in [5, 5.41) is 1.16. The minimum Gasteiger partial charge on any atom is -0.463 e. The van der Waals surface area contributed by atoms with Gasteiger partial charge in [-0.25, -0.2) is 4.99 Å². The number of nitrogens with zero attached hydrogens (tertiary/aromatic N) is 2. The molecule has 4 nitrogen and oxygen atoms in total. The molecule has 2 N–H and O–H groups in total. The molecule has 2 aliphatic rings. The number of aryl methyl sites for hydroxylation is 1. The first-order valence-electron chi connectivity index (χ1n) is 8.66. The van der Waals surface area contributed by atoms with E-state index in [1.807, 2.05) is 24.4 Å². The fourth-order valence-corrected chi connectivity index (χ4v) is 3.98. The Bertz CT molecular complexity index is 1010. The average molecular weight is 329 g/mol. The van der Waals surface area contributed by atoms with Crippen molar-refractivity contribution in [3.05, 3.63) is 65.9 Å². The highest BCUT2D eigenvalue weighted by atomic mass is 16.5. The zero-order valence-corrected chi connectivity index (χ0v) is 13.9. The maximum absolute atomic E-state index is 5.75. The van der Waals surface area contributed by atoms with Crippen LogP contribution in [-0.4, -0.2) is 23.2 Å². The fraction of sp³-hybridized carbons (Fsp3) is 0.238. The molecule has 0 saturated carbocycles. The second-order valence-corrected chi connectivity index (χ2v) is 7.04. The molecule has 124 valence electrons. The van der Waals surface area contributed by atoms with Crippen molar-refractivity contribution in [1.29, 1.82) is 0 Å². The average Bonchev–Trinajstić information content (AvgIpc) is 3.00. The van der Waals surface area contributed by atoms with Crippen molar-refractivity contribution in [1.82, 2.24) is 4.98 Å². The standard InChI is InChI=1S/C21H19N3O/c22-20-24-21(13-25-20)8-7-14-5-6-15(9-17(14)11-21)18-10-16-3-1-2-4-19(16)23-12-18/h1-6,9-10,12H,7-8,11,13H2,(H2,22,24). The Labute approximate surface area is 146 Å². The predicted octanol–water partition coefficient (Wildman–Crippen LogP) is 3.47. The van der Waals surface area contributed by atoms with Crippen LogP contribution >= 0.6 is 0 Å². The van der Waals surface area contributed by atoms with Gasteiger partial charge in [0.15, 0.2) is 0 Å². The second kappa shape index (κ2) is 5.31. The molecule has 25 heavy (non-hydrogen) atoms. The van der Waals surface area contributed by atoms with E-state index < -0.39 is 0 Å². The molecule has 1 aromatic heterocycles. The Balaban J connectivity index is 1.54. The number of hydrogen-bond acceptors (Lipinski definition) is 4. The van der Waals surface area contributed by atoms with E-state index in [2.05, 4.69) is 40.3 Å². The lowest BCUT2D eigenvalue weighted by atomic mass is 9.78. The van der Waals surface area contributed by atoms with E-state index in [9.17, 15) is 0 Å². The summed E-state index contributed by atoms with van der Waals surface area (Å²) < 4.78 is 5.44. The molecule has 4 heteroatoms. The maximum atomic E-state index is 5.75. The van der Waals surface area contributed by atoms with Crippen LogP contribution in [0.3, 0.4) is 0 Å². The number of aliphatic imine (C=N–C) groups is 1. The van der Waals surface area contributed by atoms with E-state index >= 15 is 0 Å². The molecule has 1 atom stereocenters. The number of amidine groups is 1. The van der Waals surface area contributed by atoms with Crippen LogP contribution in [0.2, 0.25) is 0 Å². The van der Waals surface area contributed by atoms with E-state index in [0.29, 0.717) is 12.6 Å². The zero-order valence-electron chi connectivity index (χ0n) is 13.9. The summed E-state index contributed by atoms with van der Waals surface area (Å²) in [4.78, 5) is 9.17. The number of pyridine rings is 1. The molecule has 0 amide bonds. The van der Waals surface area contributed by atoms with Crippen LogP contribution in [0.25, 0.3) is 22.0 Å². The number of rotatable bonds is 1. The van der Waals surface area contributed by atoms with Crippen LogP contribution in [0.1, 0.15) is 17.5 Å². The quantitative estimate of drug-likeness (QED) is 0.743. The summed E-state index contributed by atoms with van der Waals surface area (Å²) in [7, 11) is 0. The first-order chi connectivity index (χ1) is 12.2. The molecule has 5 rings (SSSR count). The van der Waals surface area contributed by atoms with Gasteiger partial charge in [0.1, 0.15) is 12.1 Å². The van der Waals surface area contributed by atoms with Gasteiger partial charge >= 0.3 is 0 Å². The van der Waals surface area contributed by atoms with Gasteiger partial charge in [-0.15, -0.1) is 0 Å². The van der Waals surface area contributed by atoms with Crippen molar-refractivity contribution in [3.8, 4) is 11.1 Å². The number of ether oxygens (including phenoxy) is 1. The van der Waals surface area contributed by atoms with Crippen molar-refractivity contribution in [2.24, 2.45) is 10.7 Å². The molecule has 0 bridgehead atoms. The van der Waals surface area contributed by atoms with E-state index in [0.717, 1.165) is 35.7 Å². The minimum absolute atomic E-state index is 0.169. The molecule has 1 spiro atoms. The van der Waals surface area contributed by atoms with Gasteiger partial charge in [0, 0.05) is 23.6 Å². The van der Waals surface area contributed by atoms with Gasteiger partial charge in [-0.05, 0) is 41.7 Å². The van der Waals surface area contributed by atoms with Gasteiger partial charge in [-0.1, -0.05) is 36.4 Å². The molecule has 0 saturated heterocycles. The van der Waals surface area contributed by atoms with Crippen molar-refractivity contribution in [2.75, 3.05) is 6.61 Å². The highest BCUT2D eigenvalue weighted by molar-refractivity contribution is 5.83. The summed E-state index contributed by atoms with van der Waals surface area (Å²) in [5.74, 6) is 0. The lowest BCUT2D eigenvalue weighted by molar-refractivity contribution is 0.235. The summed E-state index contributed by atoms with van der Waals surface area (Å²) in [5.41, 5.74) is 11.7. The molecule has 0 fully saturated rings. The minimum atomic E-state index is -0.169. The fourth-order valence-electron chi connectivity index (χ4n) is 3.98. The van der Waals surface area contributed by atoms with Crippen molar-refractivity contribution in [2.45, 2.75) is 24.8 Å². The third-order valence-corrected chi connectivity index (χ3v) is 5.35. The third-order valence-electron chi connectivity index (χ3n) is 5.35. The molecule has 3 aromatic rings. The molecule has 1 unspecified atom stereocenters. The van der Waals surface area contributed by atoms with Gasteiger partial charge in [0.25, 0.3) is 6.02 Å². The highest BCUT2D eigenvalue weighted by Gasteiger charge is 2.39. The molecule has 2 aromatic carbocycles. The lowest BCUT2D eigenvalue weighted by Crippen LogP contribution is -2.35. The number of nitrogens with two attached hydrogens (primary N) is 1. The van der Waals surface area contributed by atoms with E-state index in [4.69, 9.17) is 10.5 Å². The Morgan fingerprint density at radius 2 is 1.92 bits per heavy atom. The van der Waals surface area contributed by atoms with Crippen LogP contribution in [0.4, 0.5) is 0 Å². The van der Waals surface area contributed by atoms with Crippen molar-refractivity contribution < 1.29 is 4.74 Å². The topological polar surface area (TPSA) is 60.5 Å². The van der Waals surface area contributed by atoms with E-state index in [1.54, 1.807) is 0 Å². The van der Waals surface area contributed by atoms with Crippen LogP contribution in [-0.2, 0) is 17.6 Å². The van der Waals surface area contributed by atoms with Gasteiger partial charge in [-0.2, -0.15) is 0 Å². The van der Waals surface area contributed by atoms with Crippen molar-refractivity contribution in [3.63, 3.8) is 0 Å².